The number of carbonyl (C=O) groups is 1. The lowest BCUT2D eigenvalue weighted by molar-refractivity contribution is 0.102. The molecule has 0 saturated heterocycles. The van der Waals surface area contributed by atoms with Gasteiger partial charge < -0.3 is 11.1 Å². The molecule has 0 aliphatic heterocycles. The fraction of sp³-hybridized carbons (Fsp3) is 0.286. The molecule has 1 aromatic carbocycles. The average molecular weight is 329 g/mol. The van der Waals surface area contributed by atoms with Gasteiger partial charge in [0.1, 0.15) is 0 Å². The normalized spacial score (nSPS) is 19.1. The third-order valence-electron chi connectivity index (χ3n) is 3.38. The number of benzene rings is 1. The molecule has 0 spiro atoms. The Bertz CT molecular complexity index is 629. The standard InChI is InChI=1S/C14H16N4O.2ClH/c1-18-8-11(7-16-18)17-14(19)10-4-2-3-9(5-10)12-6-13(12)15;;/h2-5,7-8,12-13H,6,15H2,1H3,(H,17,19);2*1H. The van der Waals surface area contributed by atoms with Crippen LogP contribution in [0.5, 0.6) is 0 Å². The molecule has 1 fully saturated rings. The van der Waals surface area contributed by atoms with Crippen LogP contribution in [0.2, 0.25) is 0 Å². The highest BCUT2D eigenvalue weighted by molar-refractivity contribution is 6.04. The molecule has 0 radical (unpaired) electrons. The number of nitrogens with zero attached hydrogens (tertiary/aromatic N) is 2. The van der Waals surface area contributed by atoms with Gasteiger partial charge in [0, 0.05) is 30.8 Å². The largest absolute Gasteiger partial charge is 0.327 e. The number of aromatic nitrogens is 2. The molecule has 2 atom stereocenters. The van der Waals surface area contributed by atoms with Crippen molar-refractivity contribution in [2.24, 2.45) is 12.8 Å². The van der Waals surface area contributed by atoms with E-state index in [0.29, 0.717) is 17.2 Å². The summed E-state index contributed by atoms with van der Waals surface area (Å²) in [5.74, 6) is 0.287. The van der Waals surface area contributed by atoms with Gasteiger partial charge in [0.15, 0.2) is 0 Å². The smallest absolute Gasteiger partial charge is 0.255 e. The van der Waals surface area contributed by atoms with Gasteiger partial charge in [0.05, 0.1) is 11.9 Å². The molecule has 2 aromatic rings. The van der Waals surface area contributed by atoms with E-state index in [1.165, 1.54) is 0 Å². The van der Waals surface area contributed by atoms with Crippen molar-refractivity contribution in [3.8, 4) is 0 Å². The van der Waals surface area contributed by atoms with Crippen LogP contribution in [0.1, 0.15) is 28.3 Å². The Balaban J connectivity index is 0.00000110. The van der Waals surface area contributed by atoms with Crippen LogP contribution < -0.4 is 11.1 Å². The van der Waals surface area contributed by atoms with E-state index in [-0.39, 0.29) is 36.8 Å². The molecule has 5 nitrogen and oxygen atoms in total. The van der Waals surface area contributed by atoms with Gasteiger partial charge >= 0.3 is 0 Å². The summed E-state index contributed by atoms with van der Waals surface area (Å²) in [4.78, 5) is 12.1. The molecular formula is C14H18Cl2N4O. The van der Waals surface area contributed by atoms with Crippen LogP contribution in [0.25, 0.3) is 0 Å². The zero-order chi connectivity index (χ0) is 13.4. The van der Waals surface area contributed by atoms with Crippen molar-refractivity contribution in [1.82, 2.24) is 9.78 Å². The highest BCUT2D eigenvalue weighted by Gasteiger charge is 2.34. The van der Waals surface area contributed by atoms with Gasteiger partial charge in [0.2, 0.25) is 0 Å². The second-order valence-electron chi connectivity index (χ2n) is 4.99. The molecule has 3 rings (SSSR count). The Morgan fingerprint density at radius 1 is 1.43 bits per heavy atom. The van der Waals surface area contributed by atoms with Crippen molar-refractivity contribution in [3.05, 3.63) is 47.8 Å². The van der Waals surface area contributed by atoms with Crippen LogP contribution in [0.3, 0.4) is 0 Å². The monoisotopic (exact) mass is 328 g/mol. The van der Waals surface area contributed by atoms with E-state index in [9.17, 15) is 4.79 Å². The average Bonchev–Trinajstić information content (AvgIpc) is 3.00. The number of nitrogens with two attached hydrogens (primary N) is 1. The predicted octanol–water partition coefficient (Wildman–Crippen LogP) is 2.33. The van der Waals surface area contributed by atoms with Crippen molar-refractivity contribution >= 4 is 36.4 Å². The maximum Gasteiger partial charge on any atom is 0.255 e. The number of nitrogens with one attached hydrogen (secondary N) is 1. The van der Waals surface area contributed by atoms with Crippen molar-refractivity contribution in [1.29, 1.82) is 0 Å². The van der Waals surface area contributed by atoms with Crippen LogP contribution >= 0.6 is 24.8 Å². The third-order valence-corrected chi connectivity index (χ3v) is 3.38. The fourth-order valence-corrected chi connectivity index (χ4v) is 2.20. The number of amides is 1. The lowest BCUT2D eigenvalue weighted by Gasteiger charge is -2.05. The summed E-state index contributed by atoms with van der Waals surface area (Å²) in [6, 6.07) is 7.90. The van der Waals surface area contributed by atoms with Gasteiger partial charge in [-0.05, 0) is 24.1 Å². The summed E-state index contributed by atoms with van der Waals surface area (Å²) in [6.45, 7) is 0. The van der Waals surface area contributed by atoms with Gasteiger partial charge in [-0.2, -0.15) is 5.10 Å². The molecule has 1 aliphatic carbocycles. The topological polar surface area (TPSA) is 72.9 Å². The second-order valence-corrected chi connectivity index (χ2v) is 4.99. The van der Waals surface area contributed by atoms with Crippen LogP contribution in [0.4, 0.5) is 5.69 Å². The quantitative estimate of drug-likeness (QED) is 0.908. The van der Waals surface area contributed by atoms with E-state index in [0.717, 1.165) is 12.0 Å². The molecule has 1 aromatic heterocycles. The Labute approximate surface area is 135 Å². The number of rotatable bonds is 3. The number of anilines is 1. The molecule has 7 heteroatoms. The van der Waals surface area contributed by atoms with E-state index < -0.39 is 0 Å². The Morgan fingerprint density at radius 3 is 2.71 bits per heavy atom. The van der Waals surface area contributed by atoms with Gasteiger partial charge in [-0.3, -0.25) is 9.48 Å². The zero-order valence-electron chi connectivity index (χ0n) is 11.5. The molecule has 2 unspecified atom stereocenters. The fourth-order valence-electron chi connectivity index (χ4n) is 2.20. The van der Waals surface area contributed by atoms with E-state index in [2.05, 4.69) is 10.4 Å². The van der Waals surface area contributed by atoms with E-state index in [1.807, 2.05) is 31.3 Å². The lowest BCUT2D eigenvalue weighted by Crippen LogP contribution is -2.12. The minimum atomic E-state index is -0.121. The van der Waals surface area contributed by atoms with Gasteiger partial charge in [0.25, 0.3) is 5.91 Å². The molecular weight excluding hydrogens is 311 g/mol. The van der Waals surface area contributed by atoms with Crippen molar-refractivity contribution in [2.45, 2.75) is 18.4 Å². The van der Waals surface area contributed by atoms with Crippen molar-refractivity contribution in [3.63, 3.8) is 0 Å². The predicted molar refractivity (Wildman–Crippen MR) is 87.4 cm³/mol. The van der Waals surface area contributed by atoms with Crippen molar-refractivity contribution < 1.29 is 4.79 Å². The minimum absolute atomic E-state index is 0. The lowest BCUT2D eigenvalue weighted by atomic mass is 10.1. The van der Waals surface area contributed by atoms with Crippen LogP contribution in [0.15, 0.2) is 36.7 Å². The third kappa shape index (κ3) is 3.97. The molecule has 1 saturated carbocycles. The van der Waals surface area contributed by atoms with Crippen LogP contribution in [0, 0.1) is 0 Å². The first kappa shape index (κ1) is 17.5. The summed E-state index contributed by atoms with van der Waals surface area (Å²) < 4.78 is 1.65. The molecule has 1 heterocycles. The number of hydrogen-bond donors (Lipinski definition) is 2. The van der Waals surface area contributed by atoms with Gasteiger partial charge in [-0.15, -0.1) is 24.8 Å². The number of aryl methyl sites for hydroxylation is 1. The van der Waals surface area contributed by atoms with Gasteiger partial charge in [-0.1, -0.05) is 12.1 Å². The Morgan fingerprint density at radius 2 is 2.14 bits per heavy atom. The summed E-state index contributed by atoms with van der Waals surface area (Å²) >= 11 is 0. The Hall–Kier alpha value is -1.56. The summed E-state index contributed by atoms with van der Waals surface area (Å²) in [7, 11) is 1.81. The maximum atomic E-state index is 12.1. The first-order valence-corrected chi connectivity index (χ1v) is 6.29. The number of carbonyl (C=O) groups excluding carboxylic acids is 1. The highest BCUT2D eigenvalue weighted by Crippen LogP contribution is 2.39. The minimum Gasteiger partial charge on any atom is -0.327 e. The molecule has 0 bridgehead atoms. The van der Waals surface area contributed by atoms with E-state index in [1.54, 1.807) is 17.1 Å². The van der Waals surface area contributed by atoms with Crippen LogP contribution in [-0.2, 0) is 7.05 Å². The number of halogens is 2. The van der Waals surface area contributed by atoms with Crippen LogP contribution in [-0.4, -0.2) is 21.7 Å². The zero-order valence-corrected chi connectivity index (χ0v) is 13.2. The Kier molecular flexibility index (Phi) is 5.78. The molecule has 1 amide bonds. The summed E-state index contributed by atoms with van der Waals surface area (Å²) in [5, 5.41) is 6.84. The maximum absolute atomic E-state index is 12.1. The van der Waals surface area contributed by atoms with Gasteiger partial charge in [-0.25, -0.2) is 0 Å². The summed E-state index contributed by atoms with van der Waals surface area (Å²) in [5.41, 5.74) is 8.33. The van der Waals surface area contributed by atoms with E-state index >= 15 is 0 Å². The highest BCUT2D eigenvalue weighted by atomic mass is 35.5. The first-order valence-electron chi connectivity index (χ1n) is 6.29. The number of hydrogen-bond acceptors (Lipinski definition) is 3. The first-order chi connectivity index (χ1) is 9.13. The molecule has 21 heavy (non-hydrogen) atoms. The molecule has 1 aliphatic rings. The molecule has 114 valence electrons. The molecule has 3 N–H and O–H groups in total. The SMILES string of the molecule is Cl.Cl.Cn1cc(NC(=O)c2cccc(C3CC3N)c2)cn1. The van der Waals surface area contributed by atoms with E-state index in [4.69, 9.17) is 5.73 Å². The summed E-state index contributed by atoms with van der Waals surface area (Å²) in [6.07, 6.45) is 4.39. The second kappa shape index (κ2) is 6.93. The van der Waals surface area contributed by atoms with Crippen molar-refractivity contribution in [2.75, 3.05) is 5.32 Å².